The van der Waals surface area contributed by atoms with Crippen LogP contribution in [-0.4, -0.2) is 81.5 Å². The maximum Gasteiger partial charge on any atom is 0.130 e. The van der Waals surface area contributed by atoms with Crippen LogP contribution in [0.2, 0.25) is 0 Å². The van der Waals surface area contributed by atoms with Crippen molar-refractivity contribution >= 4 is 181 Å². The molecule has 612 valence electrons. The maximum absolute atomic E-state index is 5.53. The number of fused-ring (bicyclic) bond motifs is 9. The number of aromatic nitrogens is 16. The highest BCUT2D eigenvalue weighted by atomic mass is 32.1. The van der Waals surface area contributed by atoms with E-state index in [0.717, 1.165) is 211 Å². The number of hydrogen-bond acceptors (Lipinski definition) is 26. The van der Waals surface area contributed by atoms with E-state index in [1.54, 1.807) is 22.7 Å². The SMILES string of the molecule is CCCCCCCCc1nc2c(-c3ccc(C)s3)c3nsnc3c(-c3ccc(C)s3)c2nc1CCCCCCCC.Cc1c2nsnc2c(C)c2nc(-c3ccccc3)c(-c3ccccc3)nc12.Cc1c2nsnc2c(C)c2nc(-c3cccs3)c(-c3cccs3)nc12.Cc1ccc(C)c2c1=NCN=2.Cc1nc2c(C)c3nsnc3c(C)c2nc1C. The van der Waals surface area contributed by atoms with E-state index in [4.69, 9.17) is 38.7 Å². The van der Waals surface area contributed by atoms with Crippen LogP contribution in [0.5, 0.6) is 0 Å². The second-order valence-electron chi connectivity index (χ2n) is 30.9. The summed E-state index contributed by atoms with van der Waals surface area (Å²) in [7, 11) is 0. The zero-order chi connectivity index (χ0) is 84.0. The highest BCUT2D eigenvalue weighted by Gasteiger charge is 2.28. The molecule has 0 aliphatic carbocycles. The minimum absolute atomic E-state index is 0.612. The molecule has 1 aliphatic rings. The van der Waals surface area contributed by atoms with Crippen molar-refractivity contribution in [2.24, 2.45) is 9.98 Å². The number of benzene rings is 7. The van der Waals surface area contributed by atoms with Gasteiger partial charge in [0.05, 0.1) is 135 Å². The number of aryl methyl sites for hydroxylation is 14. The monoisotopic (exact) mass is 1740 g/mol. The molecular weight excluding hydrogens is 1650 g/mol. The lowest BCUT2D eigenvalue weighted by atomic mass is 9.99. The molecule has 19 aromatic rings. The maximum atomic E-state index is 5.53. The minimum Gasteiger partial charge on any atom is -0.259 e. The van der Waals surface area contributed by atoms with Crippen LogP contribution in [-0.2, 0) is 12.8 Å². The molecule has 7 aromatic carbocycles. The second-order valence-corrected chi connectivity index (χ2v) is 37.5. The van der Waals surface area contributed by atoms with Gasteiger partial charge in [0.2, 0.25) is 0 Å². The summed E-state index contributed by atoms with van der Waals surface area (Å²) in [6.07, 6.45) is 17.5. The van der Waals surface area contributed by atoms with Crippen molar-refractivity contribution in [1.82, 2.24) is 74.9 Å². The predicted octanol–water partition coefficient (Wildman–Crippen LogP) is 26.2. The van der Waals surface area contributed by atoms with Gasteiger partial charge in [-0.25, -0.2) is 39.9 Å². The molecule has 0 saturated carbocycles. The zero-order valence-electron chi connectivity index (χ0n) is 70.6. The molecule has 0 N–H and O–H groups in total. The summed E-state index contributed by atoms with van der Waals surface area (Å²) >= 11 is 12.0. The molecule has 18 nitrogen and oxygen atoms in total. The van der Waals surface area contributed by atoms with Crippen LogP contribution in [0, 0.1) is 83.1 Å². The van der Waals surface area contributed by atoms with Crippen LogP contribution >= 0.6 is 92.3 Å². The van der Waals surface area contributed by atoms with Gasteiger partial charge in [0.15, 0.2) is 0 Å². The van der Waals surface area contributed by atoms with E-state index in [1.165, 1.54) is 166 Å². The fourth-order valence-corrected chi connectivity index (χ4v) is 21.4. The average molecular weight is 1740 g/mol. The second kappa shape index (κ2) is 37.9. The van der Waals surface area contributed by atoms with Gasteiger partial charge in [-0.05, 0) is 167 Å². The van der Waals surface area contributed by atoms with Crippen molar-refractivity contribution in [2.75, 3.05) is 6.67 Å². The highest BCUT2D eigenvalue weighted by Crippen LogP contribution is 2.47. The van der Waals surface area contributed by atoms with Gasteiger partial charge in [0.1, 0.15) is 73.2 Å². The van der Waals surface area contributed by atoms with Gasteiger partial charge in [-0.1, -0.05) is 163 Å². The van der Waals surface area contributed by atoms with Crippen molar-refractivity contribution in [3.8, 4) is 64.5 Å². The van der Waals surface area contributed by atoms with Gasteiger partial charge in [-0.15, -0.1) is 45.3 Å². The van der Waals surface area contributed by atoms with E-state index in [1.807, 2.05) is 86.8 Å². The summed E-state index contributed by atoms with van der Waals surface area (Å²) in [4.78, 5) is 56.5. The molecule has 0 saturated heterocycles. The standard InChI is InChI=1S/C34H44N4S3.C22H16N4S.C18H12N4S3.C12H12N4S.C9H10N2/c1-5-7-9-11-13-15-17-25-26(18-16-14-12-10-8-6-2)36-32-30(28-22-20-24(4)40-28)34-33(37-41-38-34)29(31(32)35-25)27-21-19-23(3)39-27;1-13-17-18(14(2)20-19(13)25-27-26-20)24-22(16-11-7-4-8-12-16)21(23-17)15-9-5-3-6-10-15;1-9-13-14(10(2)16-15(9)21-25-22-16)20-18(12-6-4-8-24-12)17(19-13)11-5-3-7-23-11;1-5-9-10(14-8(4)7(3)13-9)6(2)12-11(5)15-17-16-12;1-6-3-4-7(2)9-8(6)10-5-11-9/h19-22H,5-18H2,1-4H3;3-12H,1-2H3;3-8H,1-2H3;1-4H3;3-4H,5H2,1-2H3. The summed E-state index contributed by atoms with van der Waals surface area (Å²) < 4.78 is 36.3. The largest absolute Gasteiger partial charge is 0.259 e. The van der Waals surface area contributed by atoms with Gasteiger partial charge in [0, 0.05) is 75.1 Å². The number of unbranched alkanes of at least 4 members (excludes halogenated alkanes) is 10. The predicted molar refractivity (Wildman–Crippen MR) is 511 cm³/mol. The smallest absolute Gasteiger partial charge is 0.130 e. The molecule has 0 fully saturated rings. The normalized spacial score (nSPS) is 11.8. The Morgan fingerprint density at radius 1 is 0.273 bits per heavy atom. The van der Waals surface area contributed by atoms with Crippen LogP contribution in [0.25, 0.3) is 153 Å². The zero-order valence-corrected chi connectivity index (χ0v) is 77.2. The van der Waals surface area contributed by atoms with Crippen molar-refractivity contribution in [3.63, 3.8) is 0 Å². The molecule has 12 aromatic heterocycles. The molecule has 26 heteroatoms. The topological polar surface area (TPSA) is 231 Å². The first-order valence-corrected chi connectivity index (χ1v) is 47.8. The molecular formula is C95H94N18S8. The van der Waals surface area contributed by atoms with Crippen molar-refractivity contribution in [3.05, 3.63) is 220 Å². The Balaban J connectivity index is 0.000000119. The van der Waals surface area contributed by atoms with Crippen molar-refractivity contribution < 1.29 is 0 Å². The third kappa shape index (κ3) is 17.6. The Hall–Kier alpha value is -10.4. The molecule has 0 amide bonds. The Morgan fingerprint density at radius 2 is 0.595 bits per heavy atom. The van der Waals surface area contributed by atoms with E-state index in [0.29, 0.717) is 6.67 Å². The molecule has 0 radical (unpaired) electrons. The molecule has 0 atom stereocenters. The lowest BCUT2D eigenvalue weighted by molar-refractivity contribution is 0.593. The van der Waals surface area contributed by atoms with Gasteiger partial charge >= 0.3 is 0 Å². The molecule has 13 heterocycles. The molecule has 0 bridgehead atoms. The van der Waals surface area contributed by atoms with Gasteiger partial charge in [-0.2, -0.15) is 35.0 Å². The van der Waals surface area contributed by atoms with Crippen molar-refractivity contribution in [2.45, 2.75) is 187 Å². The molecule has 0 unspecified atom stereocenters. The summed E-state index contributed by atoms with van der Waals surface area (Å²) in [6, 6.07) is 41.8. The Kier molecular flexibility index (Phi) is 26.4. The van der Waals surface area contributed by atoms with Crippen LogP contribution in [0.4, 0.5) is 0 Å². The lowest BCUT2D eigenvalue weighted by Gasteiger charge is -2.15. The molecule has 20 rings (SSSR count). The Labute approximate surface area is 737 Å². The van der Waals surface area contributed by atoms with E-state index < -0.39 is 0 Å². The first-order chi connectivity index (χ1) is 59.0. The van der Waals surface area contributed by atoms with Gasteiger partial charge in [-0.3, -0.25) is 9.98 Å². The number of rotatable bonds is 20. The van der Waals surface area contributed by atoms with Crippen LogP contribution in [0.3, 0.4) is 0 Å². The van der Waals surface area contributed by atoms with Crippen LogP contribution in [0.1, 0.15) is 168 Å². The third-order valence-electron chi connectivity index (χ3n) is 22.4. The van der Waals surface area contributed by atoms with E-state index in [-0.39, 0.29) is 0 Å². The molecule has 0 spiro atoms. The average Bonchev–Trinajstić information content (AvgIpc) is 1.66. The molecule has 1 aliphatic heterocycles. The van der Waals surface area contributed by atoms with Gasteiger partial charge in [0.25, 0.3) is 0 Å². The summed E-state index contributed by atoms with van der Waals surface area (Å²) in [5.74, 6) is 0. The fraction of sp³-hybridized carbons (Fsp3) is 0.305. The van der Waals surface area contributed by atoms with Crippen LogP contribution < -0.4 is 10.7 Å². The summed E-state index contributed by atoms with van der Waals surface area (Å²) in [5.41, 5.74) is 36.2. The van der Waals surface area contributed by atoms with E-state index in [2.05, 4.69) is 211 Å². The fourth-order valence-electron chi connectivity index (χ4n) is 15.6. The molecule has 121 heavy (non-hydrogen) atoms. The Bertz CT molecular complexity index is 6680. The lowest BCUT2D eigenvalue weighted by Crippen LogP contribution is -2.26. The first kappa shape index (κ1) is 84.2. The number of thiophene rings is 4. The number of nitrogens with zero attached hydrogens (tertiary/aromatic N) is 18. The first-order valence-electron chi connectivity index (χ1n) is 41.4. The highest BCUT2D eigenvalue weighted by molar-refractivity contribution is 7.16. The Morgan fingerprint density at radius 3 is 0.917 bits per heavy atom. The van der Waals surface area contributed by atoms with E-state index in [9.17, 15) is 0 Å². The summed E-state index contributed by atoms with van der Waals surface area (Å²) in [6.45, 7) is 29.9. The van der Waals surface area contributed by atoms with Crippen molar-refractivity contribution in [1.29, 1.82) is 0 Å². The van der Waals surface area contributed by atoms with E-state index >= 15 is 0 Å². The van der Waals surface area contributed by atoms with Gasteiger partial charge < -0.3 is 0 Å². The van der Waals surface area contributed by atoms with Crippen LogP contribution in [0.15, 0.2) is 142 Å². The summed E-state index contributed by atoms with van der Waals surface area (Å²) in [5, 5.41) is 6.32. The third-order valence-corrected chi connectivity index (χ3v) is 28.3. The number of hydrogen-bond donors (Lipinski definition) is 0. The minimum atomic E-state index is 0.612. The quantitative estimate of drug-likeness (QED) is 0.0646.